The van der Waals surface area contributed by atoms with Crippen molar-refractivity contribution < 1.29 is 19.1 Å². The smallest absolute Gasteiger partial charge is 0.237 e. The number of amides is 2. The van der Waals surface area contributed by atoms with Crippen LogP contribution >= 0.6 is 0 Å². The number of rotatable bonds is 7. The first-order valence-corrected chi connectivity index (χ1v) is 8.20. The van der Waals surface area contributed by atoms with Gasteiger partial charge in [-0.3, -0.25) is 14.5 Å². The average Bonchev–Trinajstić information content (AvgIpc) is 2.55. The lowest BCUT2D eigenvalue weighted by molar-refractivity contribution is -0.139. The van der Waals surface area contributed by atoms with E-state index in [4.69, 9.17) is 5.11 Å². The Morgan fingerprint density at radius 2 is 2.29 bits per heavy atom. The number of benzene rings is 1. The first-order valence-electron chi connectivity index (χ1n) is 8.20. The summed E-state index contributed by atoms with van der Waals surface area (Å²) in [4.78, 5) is 28.0. The molecule has 1 heterocycles. The van der Waals surface area contributed by atoms with E-state index in [1.807, 2.05) is 11.8 Å². The molecule has 7 heteroatoms. The Kier molecular flexibility index (Phi) is 6.69. The fraction of sp³-hybridized carbons (Fsp3) is 0.529. The second kappa shape index (κ2) is 8.75. The number of halogens is 1. The Bertz CT molecular complexity index is 582. The molecule has 0 saturated carbocycles. The Morgan fingerprint density at radius 3 is 2.96 bits per heavy atom. The van der Waals surface area contributed by atoms with Crippen LogP contribution in [0.25, 0.3) is 0 Å². The van der Waals surface area contributed by atoms with Gasteiger partial charge in [0.25, 0.3) is 0 Å². The zero-order valence-corrected chi connectivity index (χ0v) is 13.9. The van der Waals surface area contributed by atoms with Crippen molar-refractivity contribution in [1.82, 2.24) is 15.1 Å². The number of aliphatic hydroxyl groups is 1. The molecule has 6 nitrogen and oxygen atoms in total. The first-order chi connectivity index (χ1) is 11.5. The summed E-state index contributed by atoms with van der Waals surface area (Å²) in [5, 5.41) is 11.8. The molecule has 0 bridgehead atoms. The molecule has 2 N–H and O–H groups in total. The zero-order chi connectivity index (χ0) is 17.5. The van der Waals surface area contributed by atoms with Crippen LogP contribution in [0.3, 0.4) is 0 Å². The van der Waals surface area contributed by atoms with Gasteiger partial charge in [-0.1, -0.05) is 12.1 Å². The monoisotopic (exact) mass is 337 g/mol. The Hall–Kier alpha value is -1.99. The van der Waals surface area contributed by atoms with Gasteiger partial charge in [-0.2, -0.15) is 0 Å². The Labute approximate surface area is 141 Å². The van der Waals surface area contributed by atoms with Gasteiger partial charge in [0.1, 0.15) is 5.82 Å². The van der Waals surface area contributed by atoms with E-state index >= 15 is 0 Å². The topological polar surface area (TPSA) is 72.9 Å². The van der Waals surface area contributed by atoms with Crippen LogP contribution in [0.1, 0.15) is 18.9 Å². The number of likely N-dealkylation sites (N-methyl/N-ethyl adjacent to an activating group) is 1. The largest absolute Gasteiger partial charge is 0.395 e. The number of carbonyl (C=O) groups is 2. The molecule has 2 rings (SSSR count). The van der Waals surface area contributed by atoms with Gasteiger partial charge in [0.05, 0.1) is 19.1 Å². The zero-order valence-electron chi connectivity index (χ0n) is 13.9. The highest BCUT2D eigenvalue weighted by Crippen LogP contribution is 2.15. The Balaban J connectivity index is 2.08. The number of hydrogen-bond acceptors (Lipinski definition) is 4. The van der Waals surface area contributed by atoms with E-state index in [-0.39, 0.29) is 37.2 Å². The molecular formula is C17H24FN3O3. The summed E-state index contributed by atoms with van der Waals surface area (Å²) in [6.07, 6.45) is 0.0506. The molecular weight excluding hydrogens is 313 g/mol. The third kappa shape index (κ3) is 4.75. The van der Waals surface area contributed by atoms with E-state index in [2.05, 4.69) is 5.32 Å². The van der Waals surface area contributed by atoms with Crippen LogP contribution in [0, 0.1) is 5.82 Å². The maximum atomic E-state index is 13.4. The molecule has 0 aromatic heterocycles. The second-order valence-corrected chi connectivity index (χ2v) is 5.81. The maximum absolute atomic E-state index is 13.4. The van der Waals surface area contributed by atoms with Crippen molar-refractivity contribution in [2.45, 2.75) is 25.9 Å². The quantitative estimate of drug-likeness (QED) is 0.753. The van der Waals surface area contributed by atoms with Gasteiger partial charge in [-0.15, -0.1) is 0 Å². The Morgan fingerprint density at radius 1 is 1.50 bits per heavy atom. The van der Waals surface area contributed by atoms with Crippen molar-refractivity contribution in [2.75, 3.05) is 32.8 Å². The van der Waals surface area contributed by atoms with Gasteiger partial charge in [0, 0.05) is 32.7 Å². The average molecular weight is 337 g/mol. The third-order valence-corrected chi connectivity index (χ3v) is 4.19. The van der Waals surface area contributed by atoms with E-state index < -0.39 is 6.04 Å². The lowest BCUT2D eigenvalue weighted by Gasteiger charge is -2.35. The molecule has 1 fully saturated rings. The molecule has 0 aliphatic carbocycles. The van der Waals surface area contributed by atoms with Crippen molar-refractivity contribution in [3.63, 3.8) is 0 Å². The summed E-state index contributed by atoms with van der Waals surface area (Å²) in [7, 11) is 0. The van der Waals surface area contributed by atoms with E-state index in [0.29, 0.717) is 26.2 Å². The van der Waals surface area contributed by atoms with Crippen molar-refractivity contribution in [2.24, 2.45) is 0 Å². The lowest BCUT2D eigenvalue weighted by atomic mass is 10.1. The molecule has 1 aliphatic rings. The van der Waals surface area contributed by atoms with Crippen LogP contribution in [0.4, 0.5) is 4.39 Å². The number of aliphatic hydroxyl groups excluding tert-OH is 1. The van der Waals surface area contributed by atoms with E-state index in [1.165, 1.54) is 17.0 Å². The SMILES string of the molecule is CCN(CCO)C(=O)CC1C(=O)NCCN1Cc1cccc(F)c1. The van der Waals surface area contributed by atoms with Crippen molar-refractivity contribution in [3.8, 4) is 0 Å². The van der Waals surface area contributed by atoms with Gasteiger partial charge >= 0.3 is 0 Å². The molecule has 1 aliphatic heterocycles. The predicted molar refractivity (Wildman–Crippen MR) is 87.6 cm³/mol. The highest BCUT2D eigenvalue weighted by Gasteiger charge is 2.32. The van der Waals surface area contributed by atoms with Crippen molar-refractivity contribution in [3.05, 3.63) is 35.6 Å². The maximum Gasteiger partial charge on any atom is 0.237 e. The molecule has 1 saturated heterocycles. The minimum atomic E-state index is -0.581. The van der Waals surface area contributed by atoms with E-state index in [9.17, 15) is 14.0 Å². The standard InChI is InChI=1S/C17H24FN3O3/c1-2-20(8-9-22)16(23)11-15-17(24)19-6-7-21(15)12-13-4-3-5-14(18)10-13/h3-5,10,15,22H,2,6-9,11-12H2,1H3,(H,19,24). The fourth-order valence-electron chi connectivity index (χ4n) is 2.92. The van der Waals surface area contributed by atoms with Crippen molar-refractivity contribution in [1.29, 1.82) is 0 Å². The number of hydrogen-bond donors (Lipinski definition) is 2. The summed E-state index contributed by atoms with van der Waals surface area (Å²) in [6.45, 7) is 3.99. The van der Waals surface area contributed by atoms with Gasteiger partial charge in [-0.25, -0.2) is 4.39 Å². The minimum absolute atomic E-state index is 0.0506. The second-order valence-electron chi connectivity index (χ2n) is 5.81. The van der Waals surface area contributed by atoms with E-state index in [0.717, 1.165) is 5.56 Å². The normalized spacial score (nSPS) is 18.3. The molecule has 1 unspecified atom stereocenters. The lowest BCUT2D eigenvalue weighted by Crippen LogP contribution is -2.56. The number of carbonyl (C=O) groups excluding carboxylic acids is 2. The van der Waals surface area contributed by atoms with Gasteiger partial charge in [0.15, 0.2) is 0 Å². The van der Waals surface area contributed by atoms with Crippen LogP contribution < -0.4 is 5.32 Å². The number of piperazine rings is 1. The fourth-order valence-corrected chi connectivity index (χ4v) is 2.92. The highest BCUT2D eigenvalue weighted by molar-refractivity contribution is 5.88. The van der Waals surface area contributed by atoms with Crippen LogP contribution in [0.15, 0.2) is 24.3 Å². The van der Waals surface area contributed by atoms with Crippen LogP contribution in [0.5, 0.6) is 0 Å². The predicted octanol–water partition coefficient (Wildman–Crippen LogP) is 0.357. The molecule has 0 radical (unpaired) electrons. The van der Waals surface area contributed by atoms with Crippen LogP contribution in [-0.2, 0) is 16.1 Å². The van der Waals surface area contributed by atoms with Gasteiger partial charge in [-0.05, 0) is 24.6 Å². The highest BCUT2D eigenvalue weighted by atomic mass is 19.1. The minimum Gasteiger partial charge on any atom is -0.395 e. The number of nitrogens with zero attached hydrogens (tertiary/aromatic N) is 2. The molecule has 2 amide bonds. The first kappa shape index (κ1) is 18.4. The molecule has 132 valence electrons. The summed E-state index contributed by atoms with van der Waals surface area (Å²) in [5.41, 5.74) is 0.768. The summed E-state index contributed by atoms with van der Waals surface area (Å²) in [6, 6.07) is 5.67. The molecule has 1 atom stereocenters. The van der Waals surface area contributed by atoms with Crippen LogP contribution in [-0.4, -0.2) is 65.5 Å². The molecule has 1 aromatic rings. The summed E-state index contributed by atoms with van der Waals surface area (Å²) < 4.78 is 13.4. The van der Waals surface area contributed by atoms with Crippen molar-refractivity contribution >= 4 is 11.8 Å². The third-order valence-electron chi connectivity index (χ3n) is 4.19. The van der Waals surface area contributed by atoms with Crippen LogP contribution in [0.2, 0.25) is 0 Å². The van der Waals surface area contributed by atoms with E-state index in [1.54, 1.807) is 12.1 Å². The summed E-state index contributed by atoms with van der Waals surface area (Å²) >= 11 is 0. The molecule has 0 spiro atoms. The summed E-state index contributed by atoms with van der Waals surface area (Å²) in [5.74, 6) is -0.675. The number of nitrogens with one attached hydrogen (secondary N) is 1. The van der Waals surface area contributed by atoms with Gasteiger partial charge < -0.3 is 15.3 Å². The van der Waals surface area contributed by atoms with Gasteiger partial charge in [0.2, 0.25) is 11.8 Å². The molecule has 24 heavy (non-hydrogen) atoms. The molecule has 1 aromatic carbocycles.